The number of nitrogens with two attached hydrogens (primary N) is 1. The lowest BCUT2D eigenvalue weighted by atomic mass is 10.1. The largest absolute Gasteiger partial charge is 0.409 e. The molecular weight excluding hydrogens is 258 g/mol. The lowest BCUT2D eigenvalue weighted by molar-refractivity contribution is 0.318. The number of benzene rings is 1. The van der Waals surface area contributed by atoms with E-state index in [4.69, 9.17) is 10.9 Å². The van der Waals surface area contributed by atoms with Crippen molar-refractivity contribution in [1.29, 1.82) is 0 Å². The summed E-state index contributed by atoms with van der Waals surface area (Å²) >= 11 is 1.90. The van der Waals surface area contributed by atoms with E-state index < -0.39 is 0 Å². The van der Waals surface area contributed by atoms with E-state index in [2.05, 4.69) is 29.4 Å². The fourth-order valence-electron chi connectivity index (χ4n) is 2.43. The Kier molecular flexibility index (Phi) is 3.21. The van der Waals surface area contributed by atoms with Gasteiger partial charge in [-0.15, -0.1) is 11.8 Å². The Morgan fingerprint density at radius 2 is 2.21 bits per heavy atom. The molecule has 0 aliphatic carbocycles. The molecule has 3 rings (SSSR count). The molecule has 1 aromatic carbocycles. The number of oxime groups is 1. The van der Waals surface area contributed by atoms with Crippen LogP contribution in [-0.4, -0.2) is 20.9 Å². The van der Waals surface area contributed by atoms with Gasteiger partial charge in [0, 0.05) is 22.9 Å². The smallest absolute Gasteiger partial charge is 0.186 e. The standard InChI is InChI=1S/C14H15N3OS/c15-14(16-18)12-5-3-7-17(12)9-11-8-10-4-1-2-6-13(10)19-11/h1-7,11,18H,8-9H2,(H2,15,16). The summed E-state index contributed by atoms with van der Waals surface area (Å²) in [5, 5.41) is 12.3. The minimum atomic E-state index is 0.158. The summed E-state index contributed by atoms with van der Waals surface area (Å²) in [6.45, 7) is 0.859. The highest BCUT2D eigenvalue weighted by Gasteiger charge is 2.22. The summed E-state index contributed by atoms with van der Waals surface area (Å²) in [6.07, 6.45) is 3.03. The van der Waals surface area contributed by atoms with E-state index in [1.54, 1.807) is 0 Å². The summed E-state index contributed by atoms with van der Waals surface area (Å²) in [7, 11) is 0. The van der Waals surface area contributed by atoms with Gasteiger partial charge < -0.3 is 15.5 Å². The van der Waals surface area contributed by atoms with Gasteiger partial charge in [-0.1, -0.05) is 23.4 Å². The Morgan fingerprint density at radius 1 is 1.37 bits per heavy atom. The average molecular weight is 273 g/mol. The lowest BCUT2D eigenvalue weighted by Gasteiger charge is -2.12. The van der Waals surface area contributed by atoms with Gasteiger partial charge in [0.05, 0.1) is 5.69 Å². The predicted octanol–water partition coefficient (Wildman–Crippen LogP) is 2.30. The van der Waals surface area contributed by atoms with Gasteiger partial charge in [0.1, 0.15) is 0 Å². The molecule has 0 bridgehead atoms. The highest BCUT2D eigenvalue weighted by molar-refractivity contribution is 8.00. The second kappa shape index (κ2) is 5.01. The number of hydrogen-bond acceptors (Lipinski definition) is 3. The maximum atomic E-state index is 8.78. The van der Waals surface area contributed by atoms with Crippen molar-refractivity contribution in [1.82, 2.24) is 4.57 Å². The molecule has 2 aromatic rings. The molecule has 2 heterocycles. The monoisotopic (exact) mass is 273 g/mol. The number of nitrogens with zero attached hydrogens (tertiary/aromatic N) is 2. The summed E-state index contributed by atoms with van der Waals surface area (Å²) in [6, 6.07) is 12.3. The third-order valence-electron chi connectivity index (χ3n) is 3.31. The molecule has 1 aromatic heterocycles. The van der Waals surface area contributed by atoms with Crippen LogP contribution in [0.3, 0.4) is 0 Å². The molecule has 19 heavy (non-hydrogen) atoms. The first-order valence-corrected chi connectivity index (χ1v) is 7.03. The van der Waals surface area contributed by atoms with Crippen LogP contribution in [0, 0.1) is 0 Å². The van der Waals surface area contributed by atoms with Crippen molar-refractivity contribution in [2.75, 3.05) is 0 Å². The summed E-state index contributed by atoms with van der Waals surface area (Å²) < 4.78 is 2.04. The van der Waals surface area contributed by atoms with Crippen LogP contribution in [0.2, 0.25) is 0 Å². The van der Waals surface area contributed by atoms with Crippen molar-refractivity contribution >= 4 is 17.6 Å². The molecule has 0 saturated carbocycles. The van der Waals surface area contributed by atoms with Gasteiger partial charge in [0.25, 0.3) is 0 Å². The first-order chi connectivity index (χ1) is 9.28. The van der Waals surface area contributed by atoms with Crippen molar-refractivity contribution in [2.45, 2.75) is 23.1 Å². The van der Waals surface area contributed by atoms with E-state index in [1.807, 2.05) is 34.7 Å². The highest BCUT2D eigenvalue weighted by atomic mass is 32.2. The second-order valence-corrected chi connectivity index (χ2v) is 5.92. The van der Waals surface area contributed by atoms with E-state index in [1.165, 1.54) is 10.5 Å². The predicted molar refractivity (Wildman–Crippen MR) is 76.7 cm³/mol. The van der Waals surface area contributed by atoms with E-state index in [0.717, 1.165) is 18.7 Å². The molecule has 1 atom stereocenters. The van der Waals surface area contributed by atoms with Gasteiger partial charge in [0.15, 0.2) is 5.84 Å². The van der Waals surface area contributed by atoms with Crippen LogP contribution in [0.4, 0.5) is 0 Å². The van der Waals surface area contributed by atoms with Crippen LogP contribution in [0.15, 0.2) is 52.6 Å². The number of hydrogen-bond donors (Lipinski definition) is 2. The minimum absolute atomic E-state index is 0.158. The molecule has 1 unspecified atom stereocenters. The van der Waals surface area contributed by atoms with Crippen molar-refractivity contribution in [3.63, 3.8) is 0 Å². The molecule has 0 saturated heterocycles. The Labute approximate surface area is 115 Å². The van der Waals surface area contributed by atoms with E-state index in [-0.39, 0.29) is 5.84 Å². The Bertz CT molecular complexity index is 596. The second-order valence-electron chi connectivity index (χ2n) is 4.58. The molecule has 1 aliphatic heterocycles. The van der Waals surface area contributed by atoms with Gasteiger partial charge in [-0.05, 0) is 30.2 Å². The first-order valence-electron chi connectivity index (χ1n) is 6.15. The fourth-order valence-corrected chi connectivity index (χ4v) is 3.75. The zero-order chi connectivity index (χ0) is 13.2. The Hall–Kier alpha value is -1.88. The zero-order valence-electron chi connectivity index (χ0n) is 10.4. The average Bonchev–Trinajstić information content (AvgIpc) is 3.04. The van der Waals surface area contributed by atoms with Crippen LogP contribution in [0.25, 0.3) is 0 Å². The molecule has 0 amide bonds. The Balaban J connectivity index is 1.76. The highest BCUT2D eigenvalue weighted by Crippen LogP contribution is 2.37. The number of thioether (sulfide) groups is 1. The maximum absolute atomic E-state index is 8.78. The van der Waals surface area contributed by atoms with Crippen molar-refractivity contribution in [3.05, 3.63) is 53.9 Å². The van der Waals surface area contributed by atoms with Crippen LogP contribution in [0.1, 0.15) is 11.3 Å². The number of amidine groups is 1. The normalized spacial score (nSPS) is 18.5. The summed E-state index contributed by atoms with van der Waals surface area (Å²) in [5.74, 6) is 0.158. The molecular formula is C14H15N3OS. The molecule has 0 spiro atoms. The van der Waals surface area contributed by atoms with Crippen molar-refractivity contribution in [3.8, 4) is 0 Å². The van der Waals surface area contributed by atoms with Crippen molar-refractivity contribution < 1.29 is 5.21 Å². The summed E-state index contributed by atoms with van der Waals surface area (Å²) in [5.41, 5.74) is 7.85. The van der Waals surface area contributed by atoms with Crippen molar-refractivity contribution in [2.24, 2.45) is 10.9 Å². The first kappa shape index (κ1) is 12.2. The summed E-state index contributed by atoms with van der Waals surface area (Å²) in [4.78, 5) is 1.37. The van der Waals surface area contributed by atoms with E-state index >= 15 is 0 Å². The van der Waals surface area contributed by atoms with Gasteiger partial charge in [0.2, 0.25) is 0 Å². The van der Waals surface area contributed by atoms with Gasteiger partial charge in [-0.25, -0.2) is 0 Å². The van der Waals surface area contributed by atoms with Crippen LogP contribution < -0.4 is 5.73 Å². The van der Waals surface area contributed by atoms with Crippen LogP contribution >= 0.6 is 11.8 Å². The zero-order valence-corrected chi connectivity index (χ0v) is 11.2. The SMILES string of the molecule is N/C(=N/O)c1cccn1CC1Cc2ccccc2S1. The molecule has 0 fully saturated rings. The molecule has 0 radical (unpaired) electrons. The third kappa shape index (κ3) is 2.33. The molecule has 98 valence electrons. The quantitative estimate of drug-likeness (QED) is 0.390. The topological polar surface area (TPSA) is 63.5 Å². The van der Waals surface area contributed by atoms with Gasteiger partial charge in [-0.2, -0.15) is 0 Å². The molecule has 4 nitrogen and oxygen atoms in total. The maximum Gasteiger partial charge on any atom is 0.186 e. The number of aromatic nitrogens is 1. The van der Waals surface area contributed by atoms with Crippen LogP contribution in [-0.2, 0) is 13.0 Å². The minimum Gasteiger partial charge on any atom is -0.409 e. The molecule has 3 N–H and O–H groups in total. The van der Waals surface area contributed by atoms with Crippen LogP contribution in [0.5, 0.6) is 0 Å². The lowest BCUT2D eigenvalue weighted by Crippen LogP contribution is -2.21. The van der Waals surface area contributed by atoms with Gasteiger partial charge in [-0.3, -0.25) is 0 Å². The number of fused-ring (bicyclic) bond motifs is 1. The van der Waals surface area contributed by atoms with E-state index in [0.29, 0.717) is 5.25 Å². The fraction of sp³-hybridized carbons (Fsp3) is 0.214. The van der Waals surface area contributed by atoms with Gasteiger partial charge >= 0.3 is 0 Å². The molecule has 1 aliphatic rings. The third-order valence-corrected chi connectivity index (χ3v) is 4.62. The Morgan fingerprint density at radius 3 is 3.00 bits per heavy atom. The number of rotatable bonds is 3. The van der Waals surface area contributed by atoms with E-state index in [9.17, 15) is 0 Å². The molecule has 5 heteroatoms.